The van der Waals surface area contributed by atoms with Crippen molar-refractivity contribution >= 4 is 65.2 Å². The number of hydrogen-bond acceptors (Lipinski definition) is 12. The zero-order valence-corrected chi connectivity index (χ0v) is 40.3. The highest BCUT2D eigenvalue weighted by Gasteiger charge is 2.31. The predicted octanol–water partition coefficient (Wildman–Crippen LogP) is 8.70. The van der Waals surface area contributed by atoms with Crippen molar-refractivity contribution in [2.45, 2.75) is 69.7 Å². The SMILES string of the molecule is CC1(C)CCC(CN2CCN(c3ccc(C(=O)NS(=O)(=O)c4ccc(CCCN5CCS(=O)(=NC6CC6)CC5)c([N+](=O)[O-])c4)c(Oc4cnc5[nH]ccc5c4)c3)CC2)=C(c2ccc(Cl)cc2)C1. The number of carbonyl (C=O) groups excluding carboxylic acids is 1. The number of aromatic nitrogens is 2. The lowest BCUT2D eigenvalue weighted by molar-refractivity contribution is -0.385. The molecular weight excluding hydrogens is 912 g/mol. The minimum Gasteiger partial charge on any atom is -0.455 e. The lowest BCUT2D eigenvalue weighted by Gasteiger charge is -2.39. The number of halogens is 1. The largest absolute Gasteiger partial charge is 0.455 e. The van der Waals surface area contributed by atoms with E-state index in [-0.39, 0.29) is 28.5 Å². The van der Waals surface area contributed by atoms with Gasteiger partial charge in [-0.2, -0.15) is 0 Å². The summed E-state index contributed by atoms with van der Waals surface area (Å²) in [4.78, 5) is 39.7. The van der Waals surface area contributed by atoms with Gasteiger partial charge in [-0.3, -0.25) is 19.8 Å². The Morgan fingerprint density at radius 1 is 1.00 bits per heavy atom. The second kappa shape index (κ2) is 19.3. The Kier molecular flexibility index (Phi) is 13.5. The first-order valence-corrected chi connectivity index (χ1v) is 26.8. The molecule has 0 spiro atoms. The highest BCUT2D eigenvalue weighted by atomic mass is 35.5. The van der Waals surface area contributed by atoms with Crippen molar-refractivity contribution in [3.05, 3.63) is 123 Å². The van der Waals surface area contributed by atoms with Crippen molar-refractivity contribution in [1.82, 2.24) is 24.5 Å². The standard InChI is InChI=1S/C49H57ClN8O7S2/c1-49(2)17-15-37(44(31-49)34-5-8-38(50)9-6-34)33-56-20-22-57(23-21-56)40-12-14-43(46(29-40)65-41-28-36-16-18-51-47(36)52-32-41)48(59)54-67(63,64)42-13-7-35(45(30-42)58(60)61)4-3-19-55-24-26-66(62,27-25-55)53-39-10-11-39/h5-9,12-14,16,18,28-30,32,39H,3-4,10-11,15,17,19-27,31,33H2,1-2H3,(H,51,52)(H,54,59). The number of sulfonamides is 1. The van der Waals surface area contributed by atoms with Crippen molar-refractivity contribution in [2.24, 2.45) is 9.78 Å². The molecular formula is C49H57ClN8O7S2. The second-order valence-electron chi connectivity index (χ2n) is 19.0. The van der Waals surface area contributed by atoms with Crippen molar-refractivity contribution in [3.63, 3.8) is 0 Å². The summed E-state index contributed by atoms with van der Waals surface area (Å²) in [5.74, 6) is 0.583. The van der Waals surface area contributed by atoms with Crippen LogP contribution in [0.3, 0.4) is 0 Å². The van der Waals surface area contributed by atoms with E-state index in [4.69, 9.17) is 16.3 Å². The predicted molar refractivity (Wildman–Crippen MR) is 263 cm³/mol. The van der Waals surface area contributed by atoms with Crippen molar-refractivity contribution in [2.75, 3.05) is 68.8 Å². The number of nitrogens with zero attached hydrogens (tertiary/aromatic N) is 6. The summed E-state index contributed by atoms with van der Waals surface area (Å²) >= 11 is 6.25. The van der Waals surface area contributed by atoms with E-state index < -0.39 is 35.5 Å². The Morgan fingerprint density at radius 3 is 2.49 bits per heavy atom. The monoisotopic (exact) mass is 968 g/mol. The molecule has 0 bridgehead atoms. The molecule has 2 saturated heterocycles. The zero-order chi connectivity index (χ0) is 46.9. The summed E-state index contributed by atoms with van der Waals surface area (Å²) in [6.45, 7) is 10.6. The Morgan fingerprint density at radius 2 is 1.76 bits per heavy atom. The zero-order valence-electron chi connectivity index (χ0n) is 37.9. The fourth-order valence-electron chi connectivity index (χ4n) is 9.34. The van der Waals surface area contributed by atoms with Gasteiger partial charge in [0.2, 0.25) is 0 Å². The molecule has 2 N–H and O–H groups in total. The molecule has 2 aliphatic carbocycles. The first-order chi connectivity index (χ1) is 32.1. The van der Waals surface area contributed by atoms with Crippen molar-refractivity contribution < 1.29 is 27.1 Å². The number of hydrogen-bond donors (Lipinski definition) is 2. The third kappa shape index (κ3) is 11.3. The highest BCUT2D eigenvalue weighted by Crippen LogP contribution is 2.43. The molecule has 0 radical (unpaired) electrons. The third-order valence-corrected chi connectivity index (χ3v) is 17.3. The molecule has 67 heavy (non-hydrogen) atoms. The average molecular weight is 970 g/mol. The number of pyridine rings is 1. The molecule has 4 aliphatic rings. The number of nitro benzene ring substituents is 1. The number of amides is 1. The minimum absolute atomic E-state index is 0.0390. The first-order valence-electron chi connectivity index (χ1n) is 23.1. The quantitative estimate of drug-likeness (QED) is 0.0756. The summed E-state index contributed by atoms with van der Waals surface area (Å²) < 4.78 is 53.7. The summed E-state index contributed by atoms with van der Waals surface area (Å²) in [5, 5.41) is 13.8. The molecule has 5 aromatic rings. The van der Waals surface area contributed by atoms with Gasteiger partial charge in [0.15, 0.2) is 0 Å². The molecule has 1 saturated carbocycles. The average Bonchev–Trinajstić information content (AvgIpc) is 3.99. The molecule has 0 atom stereocenters. The number of anilines is 1. The molecule has 9 rings (SSSR count). The van der Waals surface area contributed by atoms with E-state index >= 15 is 0 Å². The van der Waals surface area contributed by atoms with Gasteiger partial charge in [0.05, 0.1) is 27.6 Å². The molecule has 2 aliphatic heterocycles. The number of aryl methyl sites for hydroxylation is 1. The highest BCUT2D eigenvalue weighted by molar-refractivity contribution is 7.93. The van der Waals surface area contributed by atoms with Gasteiger partial charge in [0, 0.05) is 107 Å². The van der Waals surface area contributed by atoms with Crippen LogP contribution in [0.15, 0.2) is 100 Å². The number of piperazine rings is 1. The van der Waals surface area contributed by atoms with Gasteiger partial charge in [0.25, 0.3) is 21.6 Å². The maximum absolute atomic E-state index is 14.0. The topological polar surface area (TPSA) is 183 Å². The molecule has 4 heterocycles. The molecule has 0 unspecified atom stereocenters. The summed E-state index contributed by atoms with van der Waals surface area (Å²) in [5.41, 5.74) is 5.79. The third-order valence-electron chi connectivity index (χ3n) is 13.4. The van der Waals surface area contributed by atoms with Crippen LogP contribution in [0.2, 0.25) is 5.02 Å². The number of fused-ring (bicyclic) bond motifs is 1. The lowest BCUT2D eigenvalue weighted by atomic mass is 9.72. The van der Waals surface area contributed by atoms with Gasteiger partial charge in [-0.05, 0) is 111 Å². The van der Waals surface area contributed by atoms with Crippen LogP contribution < -0.4 is 14.4 Å². The number of allylic oxidation sites excluding steroid dienone is 1. The van der Waals surface area contributed by atoms with Gasteiger partial charge < -0.3 is 19.5 Å². The maximum Gasteiger partial charge on any atom is 0.273 e. The van der Waals surface area contributed by atoms with Gasteiger partial charge in [-0.15, -0.1) is 0 Å². The fourth-order valence-corrected chi connectivity index (χ4v) is 12.7. The van der Waals surface area contributed by atoms with E-state index in [0.29, 0.717) is 60.9 Å². The Hall–Kier alpha value is -5.33. The molecule has 15 nitrogen and oxygen atoms in total. The van der Waals surface area contributed by atoms with Crippen LogP contribution in [0.5, 0.6) is 11.5 Å². The van der Waals surface area contributed by atoms with Crippen LogP contribution in [0.25, 0.3) is 16.6 Å². The fraction of sp³-hybridized carbons (Fsp3) is 0.429. The molecule has 2 aromatic heterocycles. The van der Waals surface area contributed by atoms with E-state index in [9.17, 15) is 27.5 Å². The Balaban J connectivity index is 0.888. The van der Waals surface area contributed by atoms with Gasteiger partial charge >= 0.3 is 0 Å². The molecule has 3 aromatic carbocycles. The van der Waals surface area contributed by atoms with E-state index in [2.05, 4.69) is 59.7 Å². The van der Waals surface area contributed by atoms with Crippen molar-refractivity contribution in [3.8, 4) is 11.5 Å². The Labute approximate surface area is 397 Å². The summed E-state index contributed by atoms with van der Waals surface area (Å²) in [6.07, 6.45) is 9.44. The summed E-state index contributed by atoms with van der Waals surface area (Å²) in [6, 6.07) is 20.9. The summed E-state index contributed by atoms with van der Waals surface area (Å²) in [7, 11) is -6.73. The van der Waals surface area contributed by atoms with Crippen LogP contribution in [0, 0.1) is 15.5 Å². The first kappa shape index (κ1) is 46.8. The number of aromatic amines is 1. The number of rotatable bonds is 15. The van der Waals surface area contributed by atoms with Gasteiger partial charge in [-0.1, -0.05) is 49.2 Å². The second-order valence-corrected chi connectivity index (χ2v) is 23.7. The van der Waals surface area contributed by atoms with Crippen LogP contribution >= 0.6 is 11.6 Å². The van der Waals surface area contributed by atoms with Crippen molar-refractivity contribution in [1.29, 1.82) is 0 Å². The van der Waals surface area contributed by atoms with Crippen LogP contribution in [-0.4, -0.2) is 113 Å². The van der Waals surface area contributed by atoms with Crippen LogP contribution in [0.1, 0.15) is 73.9 Å². The molecule has 354 valence electrons. The number of nitrogens with one attached hydrogen (secondary N) is 2. The van der Waals surface area contributed by atoms with E-state index in [1.54, 1.807) is 30.5 Å². The number of ether oxygens (including phenoxy) is 1. The molecule has 1 amide bonds. The van der Waals surface area contributed by atoms with Gasteiger partial charge in [0.1, 0.15) is 17.1 Å². The normalized spacial score (nSPS) is 19.1. The van der Waals surface area contributed by atoms with Gasteiger partial charge in [-0.25, -0.2) is 26.7 Å². The van der Waals surface area contributed by atoms with E-state index in [1.165, 1.54) is 35.0 Å². The number of nitro groups is 1. The number of carbonyl (C=O) groups is 1. The molecule has 3 fully saturated rings. The van der Waals surface area contributed by atoms with E-state index in [0.717, 1.165) is 87.0 Å². The number of benzene rings is 3. The maximum atomic E-state index is 14.0. The minimum atomic E-state index is -4.57. The number of H-pyrrole nitrogens is 1. The lowest BCUT2D eigenvalue weighted by Crippen LogP contribution is -2.47. The van der Waals surface area contributed by atoms with Crippen LogP contribution in [0.4, 0.5) is 11.4 Å². The molecule has 18 heteroatoms. The Bertz CT molecular complexity index is 2940. The smallest absolute Gasteiger partial charge is 0.273 e. The van der Waals surface area contributed by atoms with Crippen LogP contribution in [-0.2, 0) is 26.2 Å². The van der Waals surface area contributed by atoms with E-state index in [1.807, 2.05) is 18.2 Å².